The molecule has 0 heterocycles. The summed E-state index contributed by atoms with van der Waals surface area (Å²) in [7, 11) is 0. The van der Waals surface area contributed by atoms with Gasteiger partial charge in [-0.05, 0) is 36.4 Å². The Hall–Kier alpha value is -3.89. The van der Waals surface area contributed by atoms with Crippen molar-refractivity contribution in [3.8, 4) is 23.6 Å². The molecule has 118 valence electrons. The molecule has 4 nitrogen and oxygen atoms in total. The standard InChI is InChI=1S/C21H12N2O2/c22-13-17-7-4-8-20(19(17)14-23)25-18-11-9-16(10-12-18)21(24)15-5-2-1-3-6-15/h1-12H. The molecule has 0 amide bonds. The zero-order chi connectivity index (χ0) is 17.6. The van der Waals surface area contributed by atoms with Crippen molar-refractivity contribution in [3.05, 3.63) is 95.1 Å². The lowest BCUT2D eigenvalue weighted by atomic mass is 10.0. The quantitative estimate of drug-likeness (QED) is 0.664. The van der Waals surface area contributed by atoms with E-state index in [1.54, 1.807) is 54.6 Å². The van der Waals surface area contributed by atoms with Crippen LogP contribution in [0.1, 0.15) is 27.0 Å². The van der Waals surface area contributed by atoms with Crippen LogP contribution in [-0.4, -0.2) is 5.78 Å². The number of benzene rings is 3. The molecular weight excluding hydrogens is 312 g/mol. The zero-order valence-corrected chi connectivity index (χ0v) is 13.1. The number of rotatable bonds is 4. The SMILES string of the molecule is N#Cc1cccc(Oc2ccc(C(=O)c3ccccc3)cc2)c1C#N. The summed E-state index contributed by atoms with van der Waals surface area (Å²) in [4.78, 5) is 12.4. The average Bonchev–Trinajstić information content (AvgIpc) is 2.68. The lowest BCUT2D eigenvalue weighted by Crippen LogP contribution is -2.00. The number of ketones is 1. The van der Waals surface area contributed by atoms with Crippen molar-refractivity contribution in [2.75, 3.05) is 0 Å². The maximum atomic E-state index is 12.4. The monoisotopic (exact) mass is 324 g/mol. The summed E-state index contributed by atoms with van der Waals surface area (Å²) in [5.41, 5.74) is 1.61. The Morgan fingerprint density at radius 1 is 0.760 bits per heavy atom. The minimum absolute atomic E-state index is 0.0728. The minimum atomic E-state index is -0.0728. The van der Waals surface area contributed by atoms with E-state index < -0.39 is 0 Å². The van der Waals surface area contributed by atoms with Gasteiger partial charge in [-0.3, -0.25) is 4.79 Å². The molecule has 3 aromatic rings. The first kappa shape index (κ1) is 16.0. The van der Waals surface area contributed by atoms with Crippen LogP contribution in [0.4, 0.5) is 0 Å². The summed E-state index contributed by atoms with van der Waals surface area (Å²) >= 11 is 0. The number of nitriles is 2. The predicted molar refractivity (Wildman–Crippen MR) is 92.3 cm³/mol. The van der Waals surface area contributed by atoms with E-state index in [1.165, 1.54) is 0 Å². The van der Waals surface area contributed by atoms with Gasteiger partial charge in [0, 0.05) is 11.1 Å². The number of carbonyl (C=O) groups is 1. The zero-order valence-electron chi connectivity index (χ0n) is 13.1. The molecule has 25 heavy (non-hydrogen) atoms. The van der Waals surface area contributed by atoms with Crippen LogP contribution in [0.3, 0.4) is 0 Å². The molecule has 0 aromatic heterocycles. The summed E-state index contributed by atoms with van der Waals surface area (Å²) in [5, 5.41) is 18.3. The summed E-state index contributed by atoms with van der Waals surface area (Å²) in [6.45, 7) is 0. The first-order valence-electron chi connectivity index (χ1n) is 7.54. The molecule has 0 aliphatic rings. The van der Waals surface area contributed by atoms with Crippen LogP contribution in [0.2, 0.25) is 0 Å². The van der Waals surface area contributed by atoms with Crippen molar-refractivity contribution in [3.63, 3.8) is 0 Å². The van der Waals surface area contributed by atoms with E-state index in [9.17, 15) is 10.1 Å². The van der Waals surface area contributed by atoms with E-state index in [4.69, 9.17) is 10.00 Å². The number of carbonyl (C=O) groups excluding carboxylic acids is 1. The molecule has 0 bridgehead atoms. The molecular formula is C21H12N2O2. The van der Waals surface area contributed by atoms with Crippen molar-refractivity contribution in [2.45, 2.75) is 0 Å². The average molecular weight is 324 g/mol. The molecule has 4 heteroatoms. The predicted octanol–water partition coefficient (Wildman–Crippen LogP) is 4.45. The molecule has 0 saturated heterocycles. The van der Waals surface area contributed by atoms with Gasteiger partial charge in [0.15, 0.2) is 5.78 Å². The van der Waals surface area contributed by atoms with Gasteiger partial charge in [-0.15, -0.1) is 0 Å². The van der Waals surface area contributed by atoms with Crippen LogP contribution in [-0.2, 0) is 0 Å². The summed E-state index contributed by atoms with van der Waals surface area (Å²) in [6.07, 6.45) is 0. The van der Waals surface area contributed by atoms with E-state index >= 15 is 0 Å². The number of nitrogens with zero attached hydrogens (tertiary/aromatic N) is 2. The molecule has 0 fully saturated rings. The molecule has 0 unspecified atom stereocenters. The van der Waals surface area contributed by atoms with Crippen molar-refractivity contribution < 1.29 is 9.53 Å². The molecule has 0 aliphatic carbocycles. The van der Waals surface area contributed by atoms with Gasteiger partial charge in [-0.1, -0.05) is 36.4 Å². The number of hydrogen-bond acceptors (Lipinski definition) is 4. The Balaban J connectivity index is 1.84. The van der Waals surface area contributed by atoms with Crippen LogP contribution in [0.5, 0.6) is 11.5 Å². The molecule has 0 saturated carbocycles. The van der Waals surface area contributed by atoms with E-state index in [-0.39, 0.29) is 16.9 Å². The first-order chi connectivity index (χ1) is 12.2. The second-order valence-electron chi connectivity index (χ2n) is 5.22. The number of hydrogen-bond donors (Lipinski definition) is 0. The molecule has 0 atom stereocenters. The van der Waals surface area contributed by atoms with Crippen molar-refractivity contribution >= 4 is 5.78 Å². The highest BCUT2D eigenvalue weighted by Gasteiger charge is 2.11. The Labute approximate surface area is 145 Å². The Kier molecular flexibility index (Phi) is 4.55. The van der Waals surface area contributed by atoms with E-state index in [1.807, 2.05) is 30.3 Å². The maximum Gasteiger partial charge on any atom is 0.193 e. The summed E-state index contributed by atoms with van der Waals surface area (Å²) < 4.78 is 5.70. The highest BCUT2D eigenvalue weighted by atomic mass is 16.5. The normalized spacial score (nSPS) is 9.68. The fourth-order valence-corrected chi connectivity index (χ4v) is 2.38. The van der Waals surface area contributed by atoms with Gasteiger partial charge in [0.05, 0.1) is 5.56 Å². The largest absolute Gasteiger partial charge is 0.456 e. The molecule has 0 spiro atoms. The third-order valence-corrected chi connectivity index (χ3v) is 3.64. The van der Waals surface area contributed by atoms with Crippen molar-refractivity contribution in [1.29, 1.82) is 10.5 Å². The van der Waals surface area contributed by atoms with Gasteiger partial charge in [-0.25, -0.2) is 0 Å². The van der Waals surface area contributed by atoms with Crippen LogP contribution >= 0.6 is 0 Å². The highest BCUT2D eigenvalue weighted by molar-refractivity contribution is 6.08. The Morgan fingerprint density at radius 2 is 1.44 bits per heavy atom. The second kappa shape index (κ2) is 7.12. The lowest BCUT2D eigenvalue weighted by Gasteiger charge is -2.09. The van der Waals surface area contributed by atoms with Crippen LogP contribution < -0.4 is 4.74 Å². The Morgan fingerprint density at radius 3 is 2.08 bits per heavy atom. The molecule has 0 radical (unpaired) electrons. The topological polar surface area (TPSA) is 73.9 Å². The van der Waals surface area contributed by atoms with Gasteiger partial charge < -0.3 is 4.74 Å². The third-order valence-electron chi connectivity index (χ3n) is 3.64. The van der Waals surface area contributed by atoms with E-state index in [2.05, 4.69) is 0 Å². The third kappa shape index (κ3) is 3.39. The molecule has 3 aromatic carbocycles. The smallest absolute Gasteiger partial charge is 0.193 e. The molecule has 0 N–H and O–H groups in total. The second-order valence-corrected chi connectivity index (χ2v) is 5.22. The fourth-order valence-electron chi connectivity index (χ4n) is 2.38. The van der Waals surface area contributed by atoms with Gasteiger partial charge in [0.2, 0.25) is 0 Å². The van der Waals surface area contributed by atoms with Crippen LogP contribution in [0, 0.1) is 22.7 Å². The number of ether oxygens (including phenoxy) is 1. The molecule has 0 aliphatic heterocycles. The lowest BCUT2D eigenvalue weighted by molar-refractivity contribution is 0.103. The fraction of sp³-hybridized carbons (Fsp3) is 0. The summed E-state index contributed by atoms with van der Waals surface area (Å²) in [6, 6.07) is 24.5. The molecule has 3 rings (SSSR count). The van der Waals surface area contributed by atoms with E-state index in [0.717, 1.165) is 0 Å². The van der Waals surface area contributed by atoms with Crippen LogP contribution in [0.25, 0.3) is 0 Å². The highest BCUT2D eigenvalue weighted by Crippen LogP contribution is 2.27. The Bertz CT molecular complexity index is 995. The van der Waals surface area contributed by atoms with Gasteiger partial charge in [0.25, 0.3) is 0 Å². The maximum absolute atomic E-state index is 12.4. The summed E-state index contributed by atoms with van der Waals surface area (Å²) in [5.74, 6) is 0.719. The van der Waals surface area contributed by atoms with Crippen LogP contribution in [0.15, 0.2) is 72.8 Å². The van der Waals surface area contributed by atoms with Gasteiger partial charge in [0.1, 0.15) is 29.2 Å². The van der Waals surface area contributed by atoms with Gasteiger partial charge >= 0.3 is 0 Å². The van der Waals surface area contributed by atoms with Crippen molar-refractivity contribution in [1.82, 2.24) is 0 Å². The minimum Gasteiger partial charge on any atom is -0.456 e. The first-order valence-corrected chi connectivity index (χ1v) is 7.54. The van der Waals surface area contributed by atoms with E-state index in [0.29, 0.717) is 22.6 Å². The van der Waals surface area contributed by atoms with Crippen molar-refractivity contribution in [2.24, 2.45) is 0 Å². The van der Waals surface area contributed by atoms with Gasteiger partial charge in [-0.2, -0.15) is 10.5 Å².